The molecule has 0 saturated heterocycles. The number of hydrogen-bond acceptors (Lipinski definition) is 7. The van der Waals surface area contributed by atoms with Crippen LogP contribution < -0.4 is 9.64 Å². The third-order valence-corrected chi connectivity index (χ3v) is 7.45. The van der Waals surface area contributed by atoms with Gasteiger partial charge in [-0.05, 0) is 48.4 Å². The minimum atomic E-state index is -4.62. The zero-order valence-electron chi connectivity index (χ0n) is 21.4. The molecule has 2 N–H and O–H groups in total. The normalized spacial score (nSPS) is 20.4. The average molecular weight is 577 g/mol. The predicted octanol–water partition coefficient (Wildman–Crippen LogP) is 5.21. The van der Waals surface area contributed by atoms with Gasteiger partial charge in [-0.1, -0.05) is 41.6 Å². The number of carboxylic acid groups (broad SMARTS) is 1. The van der Waals surface area contributed by atoms with Crippen LogP contribution in [0.15, 0.2) is 76.8 Å². The van der Waals surface area contributed by atoms with Gasteiger partial charge in [0.1, 0.15) is 19.0 Å². The van der Waals surface area contributed by atoms with Gasteiger partial charge in [0.2, 0.25) is 5.91 Å². The van der Waals surface area contributed by atoms with Crippen molar-refractivity contribution in [1.29, 1.82) is 0 Å². The van der Waals surface area contributed by atoms with Gasteiger partial charge in [-0.3, -0.25) is 4.79 Å². The summed E-state index contributed by atoms with van der Waals surface area (Å²) in [5.74, 6) is -1.27. The molecule has 4 rings (SSSR count). The van der Waals surface area contributed by atoms with Crippen molar-refractivity contribution in [2.24, 2.45) is 5.16 Å². The minimum Gasteiger partial charge on any atom is -0.492 e. The number of thioether (sulfide) groups is 1. The van der Waals surface area contributed by atoms with Crippen LogP contribution in [-0.2, 0) is 20.7 Å². The monoisotopic (exact) mass is 576 g/mol. The fourth-order valence-corrected chi connectivity index (χ4v) is 5.48. The molecule has 0 saturated carbocycles. The van der Waals surface area contributed by atoms with E-state index in [9.17, 15) is 28.0 Å². The van der Waals surface area contributed by atoms with Crippen LogP contribution in [0.1, 0.15) is 24.0 Å². The van der Waals surface area contributed by atoms with Crippen LogP contribution in [-0.4, -0.2) is 65.2 Å². The molecule has 3 unspecified atom stereocenters. The van der Waals surface area contributed by atoms with Crippen LogP contribution in [0.3, 0.4) is 0 Å². The first-order valence-electron chi connectivity index (χ1n) is 12.4. The number of alkyl halides is 3. The van der Waals surface area contributed by atoms with Crippen molar-refractivity contribution in [3.63, 3.8) is 0 Å². The van der Waals surface area contributed by atoms with Gasteiger partial charge in [0.15, 0.2) is 6.10 Å². The highest BCUT2D eigenvalue weighted by molar-refractivity contribution is 8.01. The topological polar surface area (TPSA) is 109 Å². The number of fused-ring (bicyclic) bond motifs is 1. The highest BCUT2D eigenvalue weighted by Crippen LogP contribution is 2.41. The summed E-state index contributed by atoms with van der Waals surface area (Å²) >= 11 is 1.46. The fourth-order valence-electron chi connectivity index (χ4n) is 4.36. The Kier molecular flexibility index (Phi) is 9.21. The molecule has 0 bridgehead atoms. The number of carboxylic acids is 1. The number of nitrogens with zero attached hydrogens (tertiary/aromatic N) is 2. The average Bonchev–Trinajstić information content (AvgIpc) is 2.93. The first-order valence-corrected chi connectivity index (χ1v) is 13.3. The summed E-state index contributed by atoms with van der Waals surface area (Å²) in [6.45, 7) is 0.643. The molecule has 40 heavy (non-hydrogen) atoms. The van der Waals surface area contributed by atoms with Crippen molar-refractivity contribution in [3.8, 4) is 5.75 Å². The molecule has 1 heterocycles. The molecular weight excluding hydrogens is 549 g/mol. The second-order valence-electron chi connectivity index (χ2n) is 9.17. The molecule has 2 aromatic carbocycles. The number of carbonyl (C=O) groups is 2. The van der Waals surface area contributed by atoms with E-state index in [-0.39, 0.29) is 36.6 Å². The zero-order valence-corrected chi connectivity index (χ0v) is 22.2. The molecule has 2 aliphatic rings. The summed E-state index contributed by atoms with van der Waals surface area (Å²) in [5, 5.41) is 21.6. The summed E-state index contributed by atoms with van der Waals surface area (Å²) in [7, 11) is 0. The van der Waals surface area contributed by atoms with E-state index in [1.165, 1.54) is 11.8 Å². The van der Waals surface area contributed by atoms with Crippen molar-refractivity contribution in [2.75, 3.05) is 24.7 Å². The van der Waals surface area contributed by atoms with E-state index >= 15 is 0 Å². The molecule has 1 aliphatic heterocycles. The Morgan fingerprint density at radius 1 is 1.18 bits per heavy atom. The molecule has 0 aromatic heterocycles. The van der Waals surface area contributed by atoms with Gasteiger partial charge in [-0.25, -0.2) is 4.79 Å². The predicted molar refractivity (Wildman–Crippen MR) is 143 cm³/mol. The lowest BCUT2D eigenvalue weighted by Gasteiger charge is -2.33. The van der Waals surface area contributed by atoms with E-state index in [0.717, 1.165) is 16.1 Å². The largest absolute Gasteiger partial charge is 0.492 e. The third kappa shape index (κ3) is 7.24. The minimum absolute atomic E-state index is 0.0547. The maximum Gasteiger partial charge on any atom is 0.411 e. The van der Waals surface area contributed by atoms with E-state index in [4.69, 9.17) is 9.84 Å². The van der Waals surface area contributed by atoms with Crippen LogP contribution >= 0.6 is 11.8 Å². The Morgan fingerprint density at radius 2 is 1.93 bits per heavy atom. The molecule has 0 radical (unpaired) electrons. The van der Waals surface area contributed by atoms with E-state index in [2.05, 4.69) is 9.89 Å². The lowest BCUT2D eigenvalue weighted by molar-refractivity contribution is -0.192. The first-order chi connectivity index (χ1) is 19.1. The van der Waals surface area contributed by atoms with Crippen molar-refractivity contribution in [2.45, 2.75) is 41.7 Å². The smallest absolute Gasteiger partial charge is 0.411 e. The number of benzene rings is 2. The highest BCUT2D eigenvalue weighted by atomic mass is 32.2. The molecule has 8 nitrogen and oxygen atoms in total. The Bertz CT molecular complexity index is 1330. The van der Waals surface area contributed by atoms with Crippen LogP contribution in [0.5, 0.6) is 5.75 Å². The number of carbonyl (C=O) groups excluding carboxylic acids is 1. The molecule has 2 aromatic rings. The first kappa shape index (κ1) is 29.2. The van der Waals surface area contributed by atoms with Gasteiger partial charge < -0.3 is 24.7 Å². The van der Waals surface area contributed by atoms with Gasteiger partial charge in [-0.2, -0.15) is 13.2 Å². The molecule has 3 atom stereocenters. The molecule has 0 spiro atoms. The molecule has 0 fully saturated rings. The van der Waals surface area contributed by atoms with E-state index in [0.29, 0.717) is 17.0 Å². The molecule has 1 amide bonds. The van der Waals surface area contributed by atoms with Crippen molar-refractivity contribution in [3.05, 3.63) is 77.9 Å². The van der Waals surface area contributed by atoms with Crippen molar-refractivity contribution < 1.29 is 42.5 Å². The van der Waals surface area contributed by atoms with Crippen LogP contribution in [0.4, 0.5) is 18.9 Å². The van der Waals surface area contributed by atoms with Gasteiger partial charge in [0.25, 0.3) is 0 Å². The number of allylic oxidation sites excluding steroid dienone is 4. The van der Waals surface area contributed by atoms with Crippen LogP contribution in [0, 0.1) is 0 Å². The van der Waals surface area contributed by atoms with Crippen molar-refractivity contribution in [1.82, 2.24) is 0 Å². The van der Waals surface area contributed by atoms with Gasteiger partial charge in [0, 0.05) is 17.2 Å². The Labute approximate surface area is 232 Å². The standard InChI is InChI=1S/C28H27F3N2O6S/c1-17-26(34)33(23-11-8-19(15-25(23)40-17)21-4-2-3-5-22(21)32-37)12-13-38-20-9-6-18(7-10-20)14-24(27(35)36)39-16-28(29,30)31/h2-11,15,17,21,24,37H,12-14,16H2,1H3,(H,35,36). The number of aliphatic carboxylic acids is 1. The highest BCUT2D eigenvalue weighted by Gasteiger charge is 2.32. The SMILES string of the molecule is CC1Sc2cc(C3C=CC=CC3=NO)ccc2N(CCOc2ccc(CC(OCC(F)(F)F)C(=O)O)cc2)C1=O. The van der Waals surface area contributed by atoms with Crippen LogP contribution in [0.25, 0.3) is 0 Å². The number of amides is 1. The second kappa shape index (κ2) is 12.6. The number of halogens is 3. The van der Waals surface area contributed by atoms with Gasteiger partial charge in [-0.15, -0.1) is 11.8 Å². The van der Waals surface area contributed by atoms with Gasteiger partial charge in [0.05, 0.1) is 23.2 Å². The third-order valence-electron chi connectivity index (χ3n) is 6.32. The number of anilines is 1. The van der Waals surface area contributed by atoms with E-state index in [1.807, 2.05) is 37.3 Å². The summed E-state index contributed by atoms with van der Waals surface area (Å²) in [5.41, 5.74) is 2.69. The molecule has 1 aliphatic carbocycles. The summed E-state index contributed by atoms with van der Waals surface area (Å²) in [6, 6.07) is 12.1. The Balaban J connectivity index is 1.38. The Morgan fingerprint density at radius 3 is 2.60 bits per heavy atom. The van der Waals surface area contributed by atoms with Crippen LogP contribution in [0.2, 0.25) is 0 Å². The fraction of sp³-hybridized carbons (Fsp3) is 0.321. The zero-order chi connectivity index (χ0) is 28.9. The number of oxime groups is 1. The second-order valence-corrected chi connectivity index (χ2v) is 10.6. The maximum absolute atomic E-state index is 13.0. The number of hydrogen-bond donors (Lipinski definition) is 2. The molecular formula is C28H27F3N2O6S. The number of ether oxygens (including phenoxy) is 2. The van der Waals surface area contributed by atoms with E-state index < -0.39 is 24.9 Å². The number of rotatable bonds is 10. The summed E-state index contributed by atoms with van der Waals surface area (Å²) < 4.78 is 47.5. The molecule has 12 heteroatoms. The summed E-state index contributed by atoms with van der Waals surface area (Å²) in [4.78, 5) is 26.8. The lowest BCUT2D eigenvalue weighted by atomic mass is 9.90. The quantitative estimate of drug-likeness (QED) is 0.295. The van der Waals surface area contributed by atoms with Crippen molar-refractivity contribution >= 4 is 35.0 Å². The maximum atomic E-state index is 13.0. The lowest BCUT2D eigenvalue weighted by Crippen LogP contribution is -2.42. The summed E-state index contributed by atoms with van der Waals surface area (Å²) in [6.07, 6.45) is 0.879. The van der Waals surface area contributed by atoms with Gasteiger partial charge >= 0.3 is 12.1 Å². The van der Waals surface area contributed by atoms with E-state index in [1.54, 1.807) is 41.3 Å². The Hall–Kier alpha value is -3.77. The molecule has 212 valence electrons.